The Morgan fingerprint density at radius 3 is 2.24 bits per heavy atom. The average Bonchev–Trinajstić information content (AvgIpc) is 3.25. The molecular formula is C27H29N3O4. The molecule has 3 aromatic carbocycles. The molecule has 1 N–H and O–H groups in total. The van der Waals surface area contributed by atoms with Crippen molar-refractivity contribution in [2.45, 2.75) is 25.9 Å². The highest BCUT2D eigenvalue weighted by molar-refractivity contribution is 5.96. The molecule has 0 saturated carbocycles. The first kappa shape index (κ1) is 23.2. The number of fused-ring (bicyclic) bond motifs is 1. The zero-order valence-electron chi connectivity index (χ0n) is 19.9. The van der Waals surface area contributed by atoms with E-state index in [1.807, 2.05) is 43.3 Å². The molecule has 0 spiro atoms. The van der Waals surface area contributed by atoms with Gasteiger partial charge in [0.1, 0.15) is 5.82 Å². The van der Waals surface area contributed by atoms with Gasteiger partial charge in [0.05, 0.1) is 38.4 Å². The lowest BCUT2D eigenvalue weighted by molar-refractivity contribution is 0.0937. The van der Waals surface area contributed by atoms with Gasteiger partial charge in [-0.25, -0.2) is 4.98 Å². The third-order valence-corrected chi connectivity index (χ3v) is 5.81. The Labute approximate surface area is 199 Å². The van der Waals surface area contributed by atoms with Crippen molar-refractivity contribution in [2.75, 3.05) is 21.3 Å². The summed E-state index contributed by atoms with van der Waals surface area (Å²) in [5.74, 6) is 1.84. The number of amides is 1. The minimum absolute atomic E-state index is 0.256. The fourth-order valence-corrected chi connectivity index (χ4v) is 4.10. The van der Waals surface area contributed by atoms with E-state index in [4.69, 9.17) is 19.2 Å². The summed E-state index contributed by atoms with van der Waals surface area (Å²) in [6.07, 6.45) is 0.863. The van der Waals surface area contributed by atoms with Crippen LogP contribution in [0.1, 0.15) is 34.7 Å². The van der Waals surface area contributed by atoms with Gasteiger partial charge in [-0.3, -0.25) is 4.79 Å². The number of para-hydroxylation sites is 2. The zero-order chi connectivity index (χ0) is 24.1. The van der Waals surface area contributed by atoms with Crippen LogP contribution in [0.2, 0.25) is 0 Å². The maximum absolute atomic E-state index is 13.2. The van der Waals surface area contributed by atoms with Crippen molar-refractivity contribution in [3.63, 3.8) is 0 Å². The van der Waals surface area contributed by atoms with Crippen LogP contribution in [-0.2, 0) is 13.0 Å². The number of rotatable bonds is 9. The van der Waals surface area contributed by atoms with E-state index in [9.17, 15) is 4.79 Å². The molecule has 4 rings (SSSR count). The number of aryl methyl sites for hydroxylation is 2. The van der Waals surface area contributed by atoms with E-state index in [0.717, 1.165) is 29.8 Å². The molecule has 34 heavy (non-hydrogen) atoms. The second-order valence-electron chi connectivity index (χ2n) is 7.96. The molecule has 176 valence electrons. The lowest BCUT2D eigenvalue weighted by atomic mass is 10.1. The van der Waals surface area contributed by atoms with Gasteiger partial charge in [-0.2, -0.15) is 0 Å². The summed E-state index contributed by atoms with van der Waals surface area (Å²) >= 11 is 0. The van der Waals surface area contributed by atoms with Crippen LogP contribution in [0.25, 0.3) is 11.0 Å². The van der Waals surface area contributed by atoms with Gasteiger partial charge in [0, 0.05) is 12.1 Å². The van der Waals surface area contributed by atoms with Crippen molar-refractivity contribution in [1.82, 2.24) is 14.9 Å². The molecule has 7 heteroatoms. The van der Waals surface area contributed by atoms with Crippen LogP contribution < -0.4 is 19.5 Å². The Kier molecular flexibility index (Phi) is 7.01. The minimum atomic E-state index is -0.324. The van der Waals surface area contributed by atoms with E-state index in [1.165, 1.54) is 26.9 Å². The van der Waals surface area contributed by atoms with E-state index >= 15 is 0 Å². The molecule has 4 aromatic rings. The third kappa shape index (κ3) is 4.69. The zero-order valence-corrected chi connectivity index (χ0v) is 19.9. The molecule has 0 aliphatic carbocycles. The van der Waals surface area contributed by atoms with Gasteiger partial charge in [0.15, 0.2) is 11.5 Å². The van der Waals surface area contributed by atoms with Crippen molar-refractivity contribution in [3.8, 4) is 17.2 Å². The van der Waals surface area contributed by atoms with Gasteiger partial charge >= 0.3 is 0 Å². The van der Waals surface area contributed by atoms with Crippen LogP contribution in [0.4, 0.5) is 0 Å². The maximum Gasteiger partial charge on any atom is 0.252 e. The molecule has 7 nitrogen and oxygen atoms in total. The molecular weight excluding hydrogens is 430 g/mol. The normalized spacial score (nSPS) is 11.8. The van der Waals surface area contributed by atoms with Crippen molar-refractivity contribution >= 4 is 16.9 Å². The number of benzene rings is 3. The van der Waals surface area contributed by atoms with Crippen LogP contribution in [-0.4, -0.2) is 36.8 Å². The Hall–Kier alpha value is -4.00. The Balaban J connectivity index is 1.62. The van der Waals surface area contributed by atoms with Gasteiger partial charge in [-0.05, 0) is 43.2 Å². The number of aromatic nitrogens is 2. The summed E-state index contributed by atoms with van der Waals surface area (Å²) in [7, 11) is 4.58. The van der Waals surface area contributed by atoms with Crippen LogP contribution in [0, 0.1) is 0 Å². The van der Waals surface area contributed by atoms with Crippen LogP contribution in [0.3, 0.4) is 0 Å². The van der Waals surface area contributed by atoms with E-state index in [2.05, 4.69) is 28.1 Å². The molecule has 1 aromatic heterocycles. The number of carbonyl (C=O) groups is 1. The molecule has 0 fully saturated rings. The molecule has 1 unspecified atom stereocenters. The average molecular weight is 460 g/mol. The molecule has 0 saturated heterocycles. The number of carbonyl (C=O) groups excluding carboxylic acids is 1. The quantitative estimate of drug-likeness (QED) is 0.389. The SMILES string of the molecule is COc1cc(C(=O)NC(C)c2nc3ccccc3n2CCc2ccccc2)cc(OC)c1OC. The largest absolute Gasteiger partial charge is 0.493 e. The number of imidazole rings is 1. The lowest BCUT2D eigenvalue weighted by Gasteiger charge is -2.18. The first-order chi connectivity index (χ1) is 16.5. The number of nitrogens with one attached hydrogen (secondary N) is 1. The highest BCUT2D eigenvalue weighted by Gasteiger charge is 2.21. The fourth-order valence-electron chi connectivity index (χ4n) is 4.10. The first-order valence-electron chi connectivity index (χ1n) is 11.2. The molecule has 1 atom stereocenters. The Morgan fingerprint density at radius 2 is 1.59 bits per heavy atom. The standard InChI is InChI=1S/C27H29N3O4/c1-18(28-27(31)20-16-23(32-2)25(34-4)24(17-20)33-3)26-29-21-12-8-9-13-22(21)30(26)15-14-19-10-6-5-7-11-19/h5-13,16-18H,14-15H2,1-4H3,(H,28,31). The topological polar surface area (TPSA) is 74.6 Å². The summed E-state index contributed by atoms with van der Waals surface area (Å²) in [6.45, 7) is 2.69. The van der Waals surface area contributed by atoms with Crippen molar-refractivity contribution in [3.05, 3.63) is 83.7 Å². The van der Waals surface area contributed by atoms with Crippen molar-refractivity contribution < 1.29 is 19.0 Å². The van der Waals surface area contributed by atoms with Gasteiger partial charge in [-0.15, -0.1) is 0 Å². The van der Waals surface area contributed by atoms with Crippen LogP contribution in [0.15, 0.2) is 66.7 Å². The first-order valence-corrected chi connectivity index (χ1v) is 11.2. The second kappa shape index (κ2) is 10.3. The predicted molar refractivity (Wildman–Crippen MR) is 132 cm³/mol. The predicted octanol–water partition coefficient (Wildman–Crippen LogP) is 4.80. The summed E-state index contributed by atoms with van der Waals surface area (Å²) in [5, 5.41) is 3.08. The Bertz CT molecular complexity index is 1260. The van der Waals surface area contributed by atoms with Gasteiger partial charge < -0.3 is 24.1 Å². The third-order valence-electron chi connectivity index (χ3n) is 5.81. The highest BCUT2D eigenvalue weighted by atomic mass is 16.5. The van der Waals surface area contributed by atoms with Gasteiger partial charge in [-0.1, -0.05) is 42.5 Å². The van der Waals surface area contributed by atoms with E-state index in [1.54, 1.807) is 12.1 Å². The lowest BCUT2D eigenvalue weighted by Crippen LogP contribution is -2.29. The second-order valence-corrected chi connectivity index (χ2v) is 7.96. The minimum Gasteiger partial charge on any atom is -0.493 e. The van der Waals surface area contributed by atoms with E-state index in [0.29, 0.717) is 22.8 Å². The monoisotopic (exact) mass is 459 g/mol. The smallest absolute Gasteiger partial charge is 0.252 e. The highest BCUT2D eigenvalue weighted by Crippen LogP contribution is 2.38. The summed E-state index contributed by atoms with van der Waals surface area (Å²) < 4.78 is 18.3. The molecule has 0 radical (unpaired) electrons. The van der Waals surface area contributed by atoms with Crippen molar-refractivity contribution in [2.24, 2.45) is 0 Å². The van der Waals surface area contributed by atoms with Crippen LogP contribution >= 0.6 is 0 Å². The number of hydrogen-bond acceptors (Lipinski definition) is 5. The van der Waals surface area contributed by atoms with Gasteiger partial charge in [0.2, 0.25) is 5.75 Å². The number of methoxy groups -OCH3 is 3. The summed E-state index contributed by atoms with van der Waals surface area (Å²) in [4.78, 5) is 18.0. The fraction of sp³-hybridized carbons (Fsp3) is 0.259. The molecule has 0 bridgehead atoms. The van der Waals surface area contributed by atoms with E-state index in [-0.39, 0.29) is 11.9 Å². The number of hydrogen-bond donors (Lipinski definition) is 1. The van der Waals surface area contributed by atoms with E-state index < -0.39 is 0 Å². The summed E-state index contributed by atoms with van der Waals surface area (Å²) in [6, 6.07) is 21.3. The van der Waals surface area contributed by atoms with Crippen molar-refractivity contribution in [1.29, 1.82) is 0 Å². The maximum atomic E-state index is 13.2. The number of nitrogens with zero attached hydrogens (tertiary/aromatic N) is 2. The summed E-state index contributed by atoms with van der Waals surface area (Å²) in [5.41, 5.74) is 3.61. The molecule has 0 aliphatic heterocycles. The van der Waals surface area contributed by atoms with Gasteiger partial charge in [0.25, 0.3) is 5.91 Å². The molecule has 0 aliphatic rings. The van der Waals surface area contributed by atoms with Crippen LogP contribution in [0.5, 0.6) is 17.2 Å². The molecule has 1 amide bonds. The Morgan fingerprint density at radius 1 is 0.941 bits per heavy atom. The molecule has 1 heterocycles. The number of ether oxygens (including phenoxy) is 3.